The van der Waals surface area contributed by atoms with Gasteiger partial charge in [0.05, 0.1) is 0 Å². The molecular weight excluding hydrogens is 458 g/mol. The Morgan fingerprint density at radius 3 is 2.41 bits per heavy atom. The monoisotopic (exact) mass is 495 g/mol. The van der Waals surface area contributed by atoms with Gasteiger partial charge in [-0.05, 0) is 50.2 Å². The van der Waals surface area contributed by atoms with Gasteiger partial charge in [-0.15, -0.1) is 0 Å². The van der Waals surface area contributed by atoms with E-state index in [1.54, 1.807) is 5.48 Å². The summed E-state index contributed by atoms with van der Waals surface area (Å²) in [4.78, 5) is 27.1. The first-order valence-corrected chi connectivity index (χ1v) is 13.7. The Bertz CT molecular complexity index is 910. The summed E-state index contributed by atoms with van der Waals surface area (Å²) in [6.45, 7) is 3.75. The van der Waals surface area contributed by atoms with E-state index in [4.69, 9.17) is 4.74 Å². The average Bonchev–Trinajstić information content (AvgIpc) is 2.87. The van der Waals surface area contributed by atoms with Crippen molar-refractivity contribution in [2.24, 2.45) is 5.92 Å². The SMILES string of the molecule is CCCN(C(=O)CCCC1CCN(S(=O)(=O)C2(C(=O)NO)CCOCC2)CC1)c1ccccc1. The van der Waals surface area contributed by atoms with Crippen molar-refractivity contribution < 1.29 is 28.0 Å². The van der Waals surface area contributed by atoms with E-state index < -0.39 is 20.7 Å². The highest BCUT2D eigenvalue weighted by Crippen LogP contribution is 2.35. The van der Waals surface area contributed by atoms with Crippen LogP contribution in [0.2, 0.25) is 0 Å². The van der Waals surface area contributed by atoms with Gasteiger partial charge in [-0.3, -0.25) is 14.8 Å². The topological polar surface area (TPSA) is 116 Å². The molecule has 10 heteroatoms. The van der Waals surface area contributed by atoms with Gasteiger partial charge in [-0.25, -0.2) is 18.2 Å². The lowest BCUT2D eigenvalue weighted by atomic mass is 9.92. The molecule has 0 unspecified atom stereocenters. The van der Waals surface area contributed by atoms with Crippen LogP contribution in [0.4, 0.5) is 5.69 Å². The minimum Gasteiger partial charge on any atom is -0.381 e. The molecule has 2 N–H and O–H groups in total. The summed E-state index contributed by atoms with van der Waals surface area (Å²) in [5, 5.41) is 9.19. The maximum atomic E-state index is 13.4. The summed E-state index contributed by atoms with van der Waals surface area (Å²) in [5.74, 6) is -0.427. The Balaban J connectivity index is 1.52. The summed E-state index contributed by atoms with van der Waals surface area (Å²) < 4.78 is 31.8. The van der Waals surface area contributed by atoms with Crippen molar-refractivity contribution in [1.29, 1.82) is 0 Å². The van der Waals surface area contributed by atoms with Gasteiger partial charge in [0.15, 0.2) is 4.75 Å². The number of sulfonamides is 1. The van der Waals surface area contributed by atoms with E-state index in [2.05, 4.69) is 6.92 Å². The number of hydroxylamine groups is 1. The van der Waals surface area contributed by atoms with E-state index in [1.807, 2.05) is 35.2 Å². The number of nitrogens with zero attached hydrogens (tertiary/aromatic N) is 2. The predicted octanol–water partition coefficient (Wildman–Crippen LogP) is 2.70. The number of hydrogen-bond acceptors (Lipinski definition) is 6. The molecule has 190 valence electrons. The molecule has 2 aliphatic heterocycles. The molecule has 2 saturated heterocycles. The van der Waals surface area contributed by atoms with Crippen molar-refractivity contribution in [2.45, 2.75) is 63.0 Å². The van der Waals surface area contributed by atoms with Crippen LogP contribution in [-0.4, -0.2) is 67.3 Å². The highest BCUT2D eigenvalue weighted by Gasteiger charge is 2.54. The second-order valence-corrected chi connectivity index (χ2v) is 11.4. The molecule has 0 spiro atoms. The standard InChI is InChI=1S/C24H37N3O6S/c1-2-15-27(21-8-4-3-5-9-21)22(28)10-6-7-20-11-16-26(17-12-20)34(31,32)24(23(29)25-30)13-18-33-19-14-24/h3-5,8-9,20,30H,2,6-7,10-19H2,1H3,(H,25,29). The molecule has 3 rings (SSSR count). The largest absolute Gasteiger partial charge is 0.381 e. The third kappa shape index (κ3) is 5.79. The fourth-order valence-corrected chi connectivity index (χ4v) is 7.15. The number of amides is 2. The molecule has 1 aromatic rings. The Hall–Kier alpha value is -2.01. The first-order valence-electron chi connectivity index (χ1n) is 12.2. The first kappa shape index (κ1) is 26.6. The van der Waals surface area contributed by atoms with Crippen LogP contribution in [0.3, 0.4) is 0 Å². The van der Waals surface area contributed by atoms with E-state index >= 15 is 0 Å². The fourth-order valence-electron chi connectivity index (χ4n) is 5.00. The summed E-state index contributed by atoms with van der Waals surface area (Å²) in [5.41, 5.74) is 2.48. The summed E-state index contributed by atoms with van der Waals surface area (Å²) in [6.07, 6.45) is 4.42. The van der Waals surface area contributed by atoms with Crippen molar-refractivity contribution >= 4 is 27.5 Å². The van der Waals surface area contributed by atoms with E-state index in [1.165, 1.54) is 4.31 Å². The highest BCUT2D eigenvalue weighted by atomic mass is 32.2. The van der Waals surface area contributed by atoms with Crippen molar-refractivity contribution in [2.75, 3.05) is 37.7 Å². The number of carbonyl (C=O) groups is 2. The summed E-state index contributed by atoms with van der Waals surface area (Å²) >= 11 is 0. The summed E-state index contributed by atoms with van der Waals surface area (Å²) in [7, 11) is -3.94. The quantitative estimate of drug-likeness (QED) is 0.381. The number of benzene rings is 1. The number of anilines is 1. The molecular formula is C24H37N3O6S. The van der Waals surface area contributed by atoms with Gasteiger partial charge >= 0.3 is 0 Å². The van der Waals surface area contributed by atoms with Crippen molar-refractivity contribution in [3.8, 4) is 0 Å². The van der Waals surface area contributed by atoms with Crippen LogP contribution in [0.5, 0.6) is 0 Å². The molecule has 0 saturated carbocycles. The Morgan fingerprint density at radius 1 is 1.18 bits per heavy atom. The molecule has 2 fully saturated rings. The molecule has 1 aromatic carbocycles. The van der Waals surface area contributed by atoms with Gasteiger partial charge in [0.1, 0.15) is 0 Å². The second kappa shape index (κ2) is 12.1. The number of nitrogens with one attached hydrogen (secondary N) is 1. The van der Waals surface area contributed by atoms with Gasteiger partial charge in [-0.1, -0.05) is 25.1 Å². The normalized spacial score (nSPS) is 19.5. The van der Waals surface area contributed by atoms with Gasteiger partial charge in [0.25, 0.3) is 5.91 Å². The molecule has 9 nitrogen and oxygen atoms in total. The number of carbonyl (C=O) groups excluding carboxylic acids is 2. The molecule has 0 atom stereocenters. The maximum Gasteiger partial charge on any atom is 0.266 e. The van der Waals surface area contributed by atoms with Crippen LogP contribution in [0.1, 0.15) is 58.3 Å². The van der Waals surface area contributed by atoms with Gasteiger partial charge < -0.3 is 9.64 Å². The fraction of sp³-hybridized carbons (Fsp3) is 0.667. The Kier molecular flexibility index (Phi) is 9.47. The van der Waals surface area contributed by atoms with E-state index in [9.17, 15) is 23.2 Å². The van der Waals surface area contributed by atoms with E-state index in [0.29, 0.717) is 44.8 Å². The number of hydrogen-bond donors (Lipinski definition) is 2. The highest BCUT2D eigenvalue weighted by molar-refractivity contribution is 7.91. The smallest absolute Gasteiger partial charge is 0.266 e. The minimum atomic E-state index is -3.94. The number of para-hydroxylation sites is 1. The Morgan fingerprint density at radius 2 is 1.82 bits per heavy atom. The van der Waals surface area contributed by atoms with E-state index in [-0.39, 0.29) is 32.0 Å². The number of rotatable bonds is 10. The molecule has 0 bridgehead atoms. The zero-order chi connectivity index (χ0) is 24.6. The third-order valence-electron chi connectivity index (χ3n) is 7.04. The zero-order valence-corrected chi connectivity index (χ0v) is 20.8. The van der Waals surface area contributed by atoms with Crippen LogP contribution < -0.4 is 10.4 Å². The molecule has 34 heavy (non-hydrogen) atoms. The number of ether oxygens (including phenoxy) is 1. The van der Waals surface area contributed by atoms with Crippen LogP contribution in [0.25, 0.3) is 0 Å². The molecule has 0 aliphatic carbocycles. The lowest BCUT2D eigenvalue weighted by molar-refractivity contribution is -0.134. The van der Waals surface area contributed by atoms with Crippen LogP contribution in [0.15, 0.2) is 30.3 Å². The van der Waals surface area contributed by atoms with Crippen molar-refractivity contribution in [1.82, 2.24) is 9.79 Å². The molecule has 0 radical (unpaired) electrons. The first-order chi connectivity index (χ1) is 16.4. The van der Waals surface area contributed by atoms with Gasteiger partial charge in [-0.2, -0.15) is 0 Å². The van der Waals surface area contributed by atoms with Crippen molar-refractivity contribution in [3.05, 3.63) is 30.3 Å². The van der Waals surface area contributed by atoms with Crippen LogP contribution >= 0.6 is 0 Å². The lowest BCUT2D eigenvalue weighted by Crippen LogP contribution is -2.60. The predicted molar refractivity (Wildman–Crippen MR) is 129 cm³/mol. The van der Waals surface area contributed by atoms with E-state index in [0.717, 1.165) is 24.9 Å². The minimum absolute atomic E-state index is 0.0272. The zero-order valence-electron chi connectivity index (χ0n) is 19.9. The number of piperidine rings is 1. The van der Waals surface area contributed by atoms with Gasteiger partial charge in [0.2, 0.25) is 15.9 Å². The third-order valence-corrected chi connectivity index (χ3v) is 9.67. The molecule has 2 amide bonds. The molecule has 2 aliphatic rings. The maximum absolute atomic E-state index is 13.4. The van der Waals surface area contributed by atoms with Crippen LogP contribution in [-0.2, 0) is 24.3 Å². The molecule has 2 heterocycles. The van der Waals surface area contributed by atoms with Crippen LogP contribution in [0, 0.1) is 5.92 Å². The molecule has 0 aromatic heterocycles. The van der Waals surface area contributed by atoms with Gasteiger partial charge in [0, 0.05) is 57.8 Å². The second-order valence-electron chi connectivity index (χ2n) is 9.17. The lowest BCUT2D eigenvalue weighted by Gasteiger charge is -2.40. The Labute approximate surface area is 202 Å². The van der Waals surface area contributed by atoms with Crippen molar-refractivity contribution in [3.63, 3.8) is 0 Å². The average molecular weight is 496 g/mol. The summed E-state index contributed by atoms with van der Waals surface area (Å²) in [6, 6.07) is 9.70.